The minimum Gasteiger partial charge on any atom is -0.493 e. The second-order valence-corrected chi connectivity index (χ2v) is 5.22. The highest BCUT2D eigenvalue weighted by Gasteiger charge is 2.10. The summed E-state index contributed by atoms with van der Waals surface area (Å²) in [4.78, 5) is 0. The first-order valence-electron chi connectivity index (χ1n) is 6.84. The molecule has 0 aliphatic carbocycles. The van der Waals surface area contributed by atoms with Gasteiger partial charge < -0.3 is 14.8 Å². The molecule has 1 unspecified atom stereocenters. The van der Waals surface area contributed by atoms with Crippen LogP contribution in [0.2, 0.25) is 5.02 Å². The number of ether oxygens (including phenoxy) is 2. The molecule has 0 saturated carbocycles. The molecule has 0 amide bonds. The Labute approximate surface area is 130 Å². The third kappa shape index (κ3) is 3.90. The topological polar surface area (TPSA) is 30.5 Å². The number of halogens is 1. The molecule has 0 radical (unpaired) electrons. The molecule has 2 aromatic rings. The number of benzene rings is 2. The lowest BCUT2D eigenvalue weighted by molar-refractivity contribution is 0.354. The highest BCUT2D eigenvalue weighted by molar-refractivity contribution is 6.31. The van der Waals surface area contributed by atoms with E-state index in [0.29, 0.717) is 0 Å². The van der Waals surface area contributed by atoms with E-state index in [0.717, 1.165) is 34.2 Å². The van der Waals surface area contributed by atoms with E-state index >= 15 is 0 Å². The van der Waals surface area contributed by atoms with Crippen molar-refractivity contribution in [2.75, 3.05) is 14.2 Å². The Bertz CT molecular complexity index is 601. The molecule has 0 bridgehead atoms. The van der Waals surface area contributed by atoms with Gasteiger partial charge in [-0.3, -0.25) is 0 Å². The third-order valence-electron chi connectivity index (χ3n) is 3.46. The molecule has 112 valence electrons. The third-order valence-corrected chi connectivity index (χ3v) is 3.83. The van der Waals surface area contributed by atoms with Crippen molar-refractivity contribution in [2.24, 2.45) is 0 Å². The van der Waals surface area contributed by atoms with Crippen LogP contribution < -0.4 is 14.8 Å². The van der Waals surface area contributed by atoms with Crippen molar-refractivity contribution >= 4 is 11.6 Å². The molecule has 0 aliphatic heterocycles. The van der Waals surface area contributed by atoms with Gasteiger partial charge in [0.05, 0.1) is 14.2 Å². The van der Waals surface area contributed by atoms with Crippen molar-refractivity contribution < 1.29 is 9.47 Å². The zero-order valence-corrected chi connectivity index (χ0v) is 13.3. The lowest BCUT2D eigenvalue weighted by atomic mass is 10.1. The van der Waals surface area contributed by atoms with Gasteiger partial charge in [-0.1, -0.05) is 35.9 Å². The van der Waals surface area contributed by atoms with E-state index in [4.69, 9.17) is 21.1 Å². The summed E-state index contributed by atoms with van der Waals surface area (Å²) in [6.07, 6.45) is 0. The van der Waals surface area contributed by atoms with Crippen LogP contribution >= 0.6 is 11.6 Å². The fraction of sp³-hybridized carbons (Fsp3) is 0.294. The van der Waals surface area contributed by atoms with Crippen molar-refractivity contribution in [3.05, 3.63) is 58.6 Å². The average molecular weight is 306 g/mol. The van der Waals surface area contributed by atoms with Gasteiger partial charge in [-0.2, -0.15) is 0 Å². The van der Waals surface area contributed by atoms with Gasteiger partial charge in [0.1, 0.15) is 0 Å². The van der Waals surface area contributed by atoms with Crippen molar-refractivity contribution in [1.82, 2.24) is 5.32 Å². The second kappa shape index (κ2) is 7.34. The molecule has 21 heavy (non-hydrogen) atoms. The van der Waals surface area contributed by atoms with Crippen molar-refractivity contribution in [1.29, 1.82) is 0 Å². The van der Waals surface area contributed by atoms with E-state index in [-0.39, 0.29) is 6.04 Å². The Morgan fingerprint density at radius 3 is 2.43 bits per heavy atom. The molecule has 0 aliphatic rings. The van der Waals surface area contributed by atoms with Gasteiger partial charge >= 0.3 is 0 Å². The predicted octanol–water partition coefficient (Wildman–Crippen LogP) is 4.21. The Morgan fingerprint density at radius 2 is 1.76 bits per heavy atom. The maximum Gasteiger partial charge on any atom is 0.161 e. The van der Waals surface area contributed by atoms with Gasteiger partial charge in [-0.15, -0.1) is 0 Å². The Hall–Kier alpha value is -1.71. The average Bonchev–Trinajstić information content (AvgIpc) is 2.53. The smallest absolute Gasteiger partial charge is 0.161 e. The molecule has 1 N–H and O–H groups in total. The first kappa shape index (κ1) is 15.7. The van der Waals surface area contributed by atoms with Crippen LogP contribution in [0.15, 0.2) is 42.5 Å². The lowest BCUT2D eigenvalue weighted by Gasteiger charge is -2.17. The van der Waals surface area contributed by atoms with Crippen LogP contribution in [0.3, 0.4) is 0 Å². The fourth-order valence-electron chi connectivity index (χ4n) is 2.14. The predicted molar refractivity (Wildman–Crippen MR) is 86.3 cm³/mol. The van der Waals surface area contributed by atoms with Crippen LogP contribution in [0.25, 0.3) is 0 Å². The lowest BCUT2D eigenvalue weighted by Crippen LogP contribution is -2.18. The van der Waals surface area contributed by atoms with Crippen molar-refractivity contribution in [3.8, 4) is 11.5 Å². The van der Waals surface area contributed by atoms with Gasteiger partial charge in [0.2, 0.25) is 0 Å². The largest absolute Gasteiger partial charge is 0.493 e. The zero-order chi connectivity index (χ0) is 15.2. The molecule has 0 aromatic heterocycles. The first-order valence-corrected chi connectivity index (χ1v) is 7.22. The van der Waals surface area contributed by atoms with Gasteiger partial charge in [0, 0.05) is 17.6 Å². The van der Waals surface area contributed by atoms with Gasteiger partial charge in [0.15, 0.2) is 11.5 Å². The summed E-state index contributed by atoms with van der Waals surface area (Å²) < 4.78 is 10.6. The van der Waals surface area contributed by atoms with Gasteiger partial charge in [-0.25, -0.2) is 0 Å². The monoisotopic (exact) mass is 305 g/mol. The molecule has 0 spiro atoms. The standard InChI is InChI=1S/C17H20ClNO2/c1-12(19-11-14-6-4-5-7-15(14)18)13-8-9-16(20-2)17(10-13)21-3/h4-10,12,19H,11H2,1-3H3. The number of hydrogen-bond donors (Lipinski definition) is 1. The van der Waals surface area contributed by atoms with E-state index in [1.54, 1.807) is 14.2 Å². The van der Waals surface area contributed by atoms with Crippen LogP contribution in [0.5, 0.6) is 11.5 Å². The zero-order valence-electron chi connectivity index (χ0n) is 12.5. The molecule has 0 heterocycles. The summed E-state index contributed by atoms with van der Waals surface area (Å²) in [6, 6.07) is 14.0. The summed E-state index contributed by atoms with van der Waals surface area (Å²) >= 11 is 6.16. The molecule has 4 heteroatoms. The Kier molecular flexibility index (Phi) is 5.48. The van der Waals surface area contributed by atoms with Gasteiger partial charge in [0.25, 0.3) is 0 Å². The summed E-state index contributed by atoms with van der Waals surface area (Å²) in [7, 11) is 3.28. The molecule has 1 atom stereocenters. The molecule has 0 saturated heterocycles. The number of methoxy groups -OCH3 is 2. The van der Waals surface area contributed by atoms with E-state index in [1.165, 1.54) is 0 Å². The van der Waals surface area contributed by atoms with Crippen LogP contribution in [0.1, 0.15) is 24.1 Å². The minimum atomic E-state index is 0.182. The molecule has 2 rings (SSSR count). The SMILES string of the molecule is COc1ccc(C(C)NCc2ccccc2Cl)cc1OC. The van der Waals surface area contributed by atoms with E-state index in [2.05, 4.69) is 12.2 Å². The van der Waals surface area contributed by atoms with E-state index < -0.39 is 0 Å². The van der Waals surface area contributed by atoms with Crippen LogP contribution in [-0.2, 0) is 6.54 Å². The summed E-state index contributed by atoms with van der Waals surface area (Å²) in [5, 5.41) is 4.25. The maximum atomic E-state index is 6.16. The first-order chi connectivity index (χ1) is 10.2. The van der Waals surface area contributed by atoms with Crippen LogP contribution in [0, 0.1) is 0 Å². The fourth-order valence-corrected chi connectivity index (χ4v) is 2.35. The van der Waals surface area contributed by atoms with E-state index in [1.807, 2.05) is 42.5 Å². The molecule has 2 aromatic carbocycles. The normalized spacial score (nSPS) is 12.0. The number of rotatable bonds is 6. The number of nitrogens with one attached hydrogen (secondary N) is 1. The molecular formula is C17H20ClNO2. The molecule has 3 nitrogen and oxygen atoms in total. The second-order valence-electron chi connectivity index (χ2n) is 4.81. The highest BCUT2D eigenvalue weighted by atomic mass is 35.5. The Morgan fingerprint density at radius 1 is 1.05 bits per heavy atom. The Balaban J connectivity index is 2.06. The minimum absolute atomic E-state index is 0.182. The molecular weight excluding hydrogens is 286 g/mol. The maximum absolute atomic E-state index is 6.16. The van der Waals surface area contributed by atoms with Crippen LogP contribution in [0.4, 0.5) is 0 Å². The summed E-state index contributed by atoms with van der Waals surface area (Å²) in [5.41, 5.74) is 2.23. The van der Waals surface area contributed by atoms with Gasteiger partial charge in [-0.05, 0) is 36.2 Å². The summed E-state index contributed by atoms with van der Waals surface area (Å²) in [5.74, 6) is 1.47. The number of hydrogen-bond acceptors (Lipinski definition) is 3. The van der Waals surface area contributed by atoms with Crippen molar-refractivity contribution in [2.45, 2.75) is 19.5 Å². The van der Waals surface area contributed by atoms with E-state index in [9.17, 15) is 0 Å². The van der Waals surface area contributed by atoms with Crippen LogP contribution in [-0.4, -0.2) is 14.2 Å². The summed E-state index contributed by atoms with van der Waals surface area (Å²) in [6.45, 7) is 2.83. The highest BCUT2D eigenvalue weighted by Crippen LogP contribution is 2.30. The quantitative estimate of drug-likeness (QED) is 0.867. The van der Waals surface area contributed by atoms with Crippen molar-refractivity contribution in [3.63, 3.8) is 0 Å². The molecule has 0 fully saturated rings.